The smallest absolute Gasteiger partial charge is 0.131 e. The van der Waals surface area contributed by atoms with Crippen molar-refractivity contribution in [3.8, 4) is 0 Å². The van der Waals surface area contributed by atoms with Crippen molar-refractivity contribution in [1.82, 2.24) is 0 Å². The van der Waals surface area contributed by atoms with Crippen molar-refractivity contribution in [2.45, 2.75) is 6.42 Å². The first kappa shape index (κ1) is 8.32. The molecule has 0 aliphatic carbocycles. The number of allylic oxidation sites excluding steroid dienone is 1. The zero-order valence-electron chi connectivity index (χ0n) is 7.05. The van der Waals surface area contributed by atoms with Crippen LogP contribution < -0.4 is 5.73 Å². The standard InChI is InChI=1S/C10H9ClN2/c1-6-4-7-2-3-8(11)5-9(7)10(12)13-6/h2-3,5H,1,4H2,(H2,12,13). The third kappa shape index (κ3) is 1.45. The number of amidine groups is 1. The third-order valence-electron chi connectivity index (χ3n) is 2.02. The zero-order valence-corrected chi connectivity index (χ0v) is 7.80. The maximum Gasteiger partial charge on any atom is 0.131 e. The van der Waals surface area contributed by atoms with Gasteiger partial charge in [0.2, 0.25) is 0 Å². The number of hydrogen-bond donors (Lipinski definition) is 1. The third-order valence-corrected chi connectivity index (χ3v) is 2.26. The highest BCUT2D eigenvalue weighted by atomic mass is 35.5. The van der Waals surface area contributed by atoms with Gasteiger partial charge in [0.05, 0.1) is 0 Å². The molecule has 2 nitrogen and oxygen atoms in total. The number of fused-ring (bicyclic) bond motifs is 1. The molecule has 2 rings (SSSR count). The minimum atomic E-state index is 0.508. The van der Waals surface area contributed by atoms with Gasteiger partial charge >= 0.3 is 0 Å². The van der Waals surface area contributed by atoms with Crippen LogP contribution in [-0.2, 0) is 6.42 Å². The Bertz CT molecular complexity index is 407. The van der Waals surface area contributed by atoms with Gasteiger partial charge in [-0.15, -0.1) is 0 Å². The van der Waals surface area contributed by atoms with E-state index in [1.54, 1.807) is 0 Å². The molecule has 0 saturated carbocycles. The number of nitrogens with zero attached hydrogens (tertiary/aromatic N) is 1. The maximum absolute atomic E-state index is 5.85. The maximum atomic E-state index is 5.85. The number of aliphatic imine (C=N–C) groups is 1. The van der Waals surface area contributed by atoms with Crippen molar-refractivity contribution in [3.63, 3.8) is 0 Å². The van der Waals surface area contributed by atoms with Crippen LogP contribution in [0.15, 0.2) is 35.5 Å². The summed E-state index contributed by atoms with van der Waals surface area (Å²) in [6.07, 6.45) is 0.757. The van der Waals surface area contributed by atoms with Crippen LogP contribution >= 0.6 is 11.6 Å². The van der Waals surface area contributed by atoms with Gasteiger partial charge in [-0.2, -0.15) is 0 Å². The summed E-state index contributed by atoms with van der Waals surface area (Å²) in [7, 11) is 0. The largest absolute Gasteiger partial charge is 0.383 e. The summed E-state index contributed by atoms with van der Waals surface area (Å²) in [6, 6.07) is 5.65. The lowest BCUT2D eigenvalue weighted by molar-refractivity contribution is 1.08. The van der Waals surface area contributed by atoms with Crippen LogP contribution in [0, 0.1) is 0 Å². The number of benzene rings is 1. The molecule has 0 amide bonds. The van der Waals surface area contributed by atoms with Gasteiger partial charge < -0.3 is 5.73 Å². The minimum absolute atomic E-state index is 0.508. The number of nitrogens with two attached hydrogens (primary N) is 1. The molecule has 0 unspecified atom stereocenters. The second kappa shape index (κ2) is 2.89. The number of hydrogen-bond acceptors (Lipinski definition) is 2. The van der Waals surface area contributed by atoms with E-state index in [4.69, 9.17) is 17.3 Å². The fourth-order valence-corrected chi connectivity index (χ4v) is 1.60. The van der Waals surface area contributed by atoms with Crippen LogP contribution in [0.25, 0.3) is 0 Å². The topological polar surface area (TPSA) is 38.4 Å². The lowest BCUT2D eigenvalue weighted by atomic mass is 10.00. The van der Waals surface area contributed by atoms with Gasteiger partial charge in [-0.3, -0.25) is 0 Å². The molecule has 1 aliphatic heterocycles. The molecule has 13 heavy (non-hydrogen) atoms. The normalized spacial score (nSPS) is 15.2. The Morgan fingerprint density at radius 2 is 2.23 bits per heavy atom. The predicted octanol–water partition coefficient (Wildman–Crippen LogP) is 2.12. The second-order valence-corrected chi connectivity index (χ2v) is 3.48. The first-order chi connectivity index (χ1) is 6.16. The second-order valence-electron chi connectivity index (χ2n) is 3.04. The fourth-order valence-electron chi connectivity index (χ4n) is 1.43. The summed E-state index contributed by atoms with van der Waals surface area (Å²) in [6.45, 7) is 3.79. The van der Waals surface area contributed by atoms with Crippen molar-refractivity contribution in [1.29, 1.82) is 0 Å². The Kier molecular flexibility index (Phi) is 1.85. The van der Waals surface area contributed by atoms with Crippen LogP contribution in [-0.4, -0.2) is 5.84 Å². The molecule has 1 aromatic rings. The van der Waals surface area contributed by atoms with Crippen LogP contribution in [0.2, 0.25) is 5.02 Å². The molecule has 0 bridgehead atoms. The van der Waals surface area contributed by atoms with E-state index >= 15 is 0 Å². The Labute approximate surface area is 81.7 Å². The lowest BCUT2D eigenvalue weighted by Crippen LogP contribution is -2.19. The Hall–Kier alpha value is -1.28. The first-order valence-electron chi connectivity index (χ1n) is 3.97. The van der Waals surface area contributed by atoms with Gasteiger partial charge in [0.25, 0.3) is 0 Å². The van der Waals surface area contributed by atoms with E-state index in [1.807, 2.05) is 18.2 Å². The Balaban J connectivity index is 2.60. The average molecular weight is 193 g/mol. The highest BCUT2D eigenvalue weighted by molar-refractivity contribution is 6.31. The predicted molar refractivity (Wildman–Crippen MR) is 55.0 cm³/mol. The molecule has 1 heterocycles. The van der Waals surface area contributed by atoms with E-state index in [-0.39, 0.29) is 0 Å². The van der Waals surface area contributed by atoms with E-state index in [0.717, 1.165) is 23.2 Å². The van der Waals surface area contributed by atoms with Crippen molar-refractivity contribution in [3.05, 3.63) is 46.6 Å². The first-order valence-corrected chi connectivity index (χ1v) is 4.35. The highest BCUT2D eigenvalue weighted by Crippen LogP contribution is 2.22. The van der Waals surface area contributed by atoms with E-state index in [2.05, 4.69) is 11.6 Å². The SMILES string of the molecule is C=C1Cc2ccc(Cl)cc2C(N)=N1. The molecule has 1 aliphatic rings. The van der Waals surface area contributed by atoms with Gasteiger partial charge in [-0.05, 0) is 17.7 Å². The van der Waals surface area contributed by atoms with Gasteiger partial charge in [-0.1, -0.05) is 24.2 Å². The summed E-state index contributed by atoms with van der Waals surface area (Å²) in [5.41, 5.74) is 8.61. The summed E-state index contributed by atoms with van der Waals surface area (Å²) >= 11 is 5.85. The molecule has 3 heteroatoms. The summed E-state index contributed by atoms with van der Waals surface area (Å²) in [5.74, 6) is 0.508. The molecule has 0 spiro atoms. The Morgan fingerprint density at radius 1 is 1.46 bits per heavy atom. The molecule has 0 aromatic heterocycles. The molecule has 0 fully saturated rings. The van der Waals surface area contributed by atoms with Crippen molar-refractivity contribution in [2.75, 3.05) is 0 Å². The van der Waals surface area contributed by atoms with Crippen LogP contribution in [0.3, 0.4) is 0 Å². The zero-order chi connectivity index (χ0) is 9.42. The number of rotatable bonds is 0. The lowest BCUT2D eigenvalue weighted by Gasteiger charge is -2.15. The van der Waals surface area contributed by atoms with Crippen LogP contribution in [0.1, 0.15) is 11.1 Å². The monoisotopic (exact) mass is 192 g/mol. The van der Waals surface area contributed by atoms with Crippen LogP contribution in [0.5, 0.6) is 0 Å². The molecule has 0 radical (unpaired) electrons. The fraction of sp³-hybridized carbons (Fsp3) is 0.100. The molecule has 0 atom stereocenters. The van der Waals surface area contributed by atoms with E-state index in [0.29, 0.717) is 10.9 Å². The van der Waals surface area contributed by atoms with Gasteiger partial charge in [0.15, 0.2) is 0 Å². The molecular weight excluding hydrogens is 184 g/mol. The molecule has 2 N–H and O–H groups in total. The highest BCUT2D eigenvalue weighted by Gasteiger charge is 2.13. The average Bonchev–Trinajstić information content (AvgIpc) is 2.06. The van der Waals surface area contributed by atoms with Gasteiger partial charge in [0.1, 0.15) is 5.84 Å². The van der Waals surface area contributed by atoms with Crippen LogP contribution in [0.4, 0.5) is 0 Å². The molecule has 1 aromatic carbocycles. The van der Waals surface area contributed by atoms with E-state index < -0.39 is 0 Å². The number of halogens is 1. The summed E-state index contributed by atoms with van der Waals surface area (Å²) in [5, 5.41) is 0.685. The minimum Gasteiger partial charge on any atom is -0.383 e. The van der Waals surface area contributed by atoms with E-state index in [9.17, 15) is 0 Å². The Morgan fingerprint density at radius 3 is 3.00 bits per heavy atom. The van der Waals surface area contributed by atoms with E-state index in [1.165, 1.54) is 0 Å². The molecular formula is C10H9ClN2. The van der Waals surface area contributed by atoms with Crippen molar-refractivity contribution < 1.29 is 0 Å². The van der Waals surface area contributed by atoms with Crippen molar-refractivity contribution in [2.24, 2.45) is 10.7 Å². The van der Waals surface area contributed by atoms with Crippen molar-refractivity contribution >= 4 is 17.4 Å². The molecule has 66 valence electrons. The van der Waals surface area contributed by atoms with Gasteiger partial charge in [0, 0.05) is 22.7 Å². The molecule has 0 saturated heterocycles. The quantitative estimate of drug-likeness (QED) is 0.672. The van der Waals surface area contributed by atoms with Gasteiger partial charge in [-0.25, -0.2) is 4.99 Å². The summed E-state index contributed by atoms with van der Waals surface area (Å²) < 4.78 is 0. The summed E-state index contributed by atoms with van der Waals surface area (Å²) in [4.78, 5) is 4.11.